The molecule has 0 aromatic rings. The van der Waals surface area contributed by atoms with Gasteiger partial charge in [0, 0.05) is 5.92 Å². The van der Waals surface area contributed by atoms with Gasteiger partial charge in [-0.1, -0.05) is 33.6 Å². The van der Waals surface area contributed by atoms with Crippen molar-refractivity contribution in [1.29, 1.82) is 0 Å². The Kier molecular flexibility index (Phi) is 3.34. The fourth-order valence-corrected chi connectivity index (χ4v) is 2.94. The molecule has 76 valence electrons. The van der Waals surface area contributed by atoms with E-state index in [-0.39, 0.29) is 11.8 Å². The van der Waals surface area contributed by atoms with Crippen LogP contribution in [0, 0.1) is 23.7 Å². The summed E-state index contributed by atoms with van der Waals surface area (Å²) in [4.78, 5) is 11.2. The second kappa shape index (κ2) is 4.12. The van der Waals surface area contributed by atoms with Gasteiger partial charge in [-0.05, 0) is 24.2 Å². The molecule has 2 nitrogen and oxygen atoms in total. The molecule has 0 bridgehead atoms. The van der Waals surface area contributed by atoms with E-state index in [0.717, 1.165) is 5.92 Å². The van der Waals surface area contributed by atoms with Gasteiger partial charge in [0.2, 0.25) is 5.91 Å². The van der Waals surface area contributed by atoms with Crippen molar-refractivity contribution in [3.8, 4) is 0 Å². The molecule has 1 fully saturated rings. The number of hydrogen-bond donors (Lipinski definition) is 1. The number of rotatable bonds is 3. The lowest BCUT2D eigenvalue weighted by atomic mass is 9.87. The molecule has 0 aliphatic heterocycles. The highest BCUT2D eigenvalue weighted by molar-refractivity contribution is 5.77. The zero-order valence-electron chi connectivity index (χ0n) is 8.92. The number of carbonyl (C=O) groups excluding carboxylic acids is 1. The van der Waals surface area contributed by atoms with Gasteiger partial charge in [-0.2, -0.15) is 0 Å². The zero-order valence-corrected chi connectivity index (χ0v) is 8.92. The van der Waals surface area contributed by atoms with Gasteiger partial charge in [0.25, 0.3) is 0 Å². The maximum absolute atomic E-state index is 11.2. The molecule has 2 heteroatoms. The summed E-state index contributed by atoms with van der Waals surface area (Å²) in [5.74, 6) is 1.73. The van der Waals surface area contributed by atoms with Gasteiger partial charge < -0.3 is 5.73 Å². The fraction of sp³-hybridized carbons (Fsp3) is 0.909. The second-order valence-electron chi connectivity index (χ2n) is 4.55. The van der Waals surface area contributed by atoms with E-state index in [1.54, 1.807) is 0 Å². The minimum atomic E-state index is -0.0985. The molecule has 1 aliphatic carbocycles. The molecule has 4 atom stereocenters. The quantitative estimate of drug-likeness (QED) is 0.716. The number of hydrogen-bond acceptors (Lipinski definition) is 1. The third kappa shape index (κ3) is 2.04. The minimum Gasteiger partial charge on any atom is -0.369 e. The summed E-state index contributed by atoms with van der Waals surface area (Å²) in [7, 11) is 0. The van der Waals surface area contributed by atoms with Crippen LogP contribution in [0.5, 0.6) is 0 Å². The van der Waals surface area contributed by atoms with E-state index in [4.69, 9.17) is 5.73 Å². The highest BCUT2D eigenvalue weighted by Crippen LogP contribution is 2.43. The van der Waals surface area contributed by atoms with Gasteiger partial charge in [-0.15, -0.1) is 0 Å². The van der Waals surface area contributed by atoms with Crippen molar-refractivity contribution < 1.29 is 4.79 Å². The van der Waals surface area contributed by atoms with E-state index >= 15 is 0 Å². The van der Waals surface area contributed by atoms with E-state index in [1.165, 1.54) is 19.3 Å². The number of nitrogens with two attached hydrogens (primary N) is 1. The predicted molar refractivity (Wildman–Crippen MR) is 54.0 cm³/mol. The zero-order chi connectivity index (χ0) is 10.0. The van der Waals surface area contributed by atoms with Gasteiger partial charge in [0.05, 0.1) is 0 Å². The first-order chi connectivity index (χ1) is 6.07. The summed E-state index contributed by atoms with van der Waals surface area (Å²) in [6.45, 7) is 6.54. The van der Waals surface area contributed by atoms with Crippen molar-refractivity contribution >= 4 is 5.91 Å². The summed E-state index contributed by atoms with van der Waals surface area (Å²) in [6, 6.07) is 0. The first-order valence-corrected chi connectivity index (χ1v) is 5.37. The highest BCUT2D eigenvalue weighted by Gasteiger charge is 2.40. The van der Waals surface area contributed by atoms with Crippen LogP contribution in [-0.4, -0.2) is 5.91 Å². The van der Waals surface area contributed by atoms with E-state index in [9.17, 15) is 4.79 Å². The van der Waals surface area contributed by atoms with E-state index in [2.05, 4.69) is 20.8 Å². The molecule has 1 saturated carbocycles. The Morgan fingerprint density at radius 2 is 2.08 bits per heavy atom. The standard InChI is InChI=1S/C11H21NO/c1-4-5-9-6-7(2)10(8(9)3)11(12)13/h7-10H,4-6H2,1-3H3,(H2,12,13)/t7?,8-,9+,10+/m1/s1. The third-order valence-corrected chi connectivity index (χ3v) is 3.59. The average Bonchev–Trinajstić information content (AvgIpc) is 2.28. The van der Waals surface area contributed by atoms with Gasteiger partial charge in [0.1, 0.15) is 0 Å². The van der Waals surface area contributed by atoms with Crippen molar-refractivity contribution in [2.24, 2.45) is 29.4 Å². The van der Waals surface area contributed by atoms with E-state index in [0.29, 0.717) is 11.8 Å². The van der Waals surface area contributed by atoms with Crippen LogP contribution in [0.25, 0.3) is 0 Å². The lowest BCUT2D eigenvalue weighted by Crippen LogP contribution is -2.29. The van der Waals surface area contributed by atoms with Gasteiger partial charge in [0.15, 0.2) is 0 Å². The Balaban J connectivity index is 2.63. The fourth-order valence-electron chi connectivity index (χ4n) is 2.94. The van der Waals surface area contributed by atoms with E-state index < -0.39 is 0 Å². The van der Waals surface area contributed by atoms with Gasteiger partial charge >= 0.3 is 0 Å². The maximum atomic E-state index is 11.2. The summed E-state index contributed by atoms with van der Waals surface area (Å²) >= 11 is 0. The van der Waals surface area contributed by atoms with Crippen LogP contribution in [0.3, 0.4) is 0 Å². The SMILES string of the molecule is CCC[C@H]1CC(C)[C@H](C(N)=O)[C@@H]1C. The Morgan fingerprint density at radius 1 is 1.46 bits per heavy atom. The lowest BCUT2D eigenvalue weighted by molar-refractivity contribution is -0.123. The average molecular weight is 183 g/mol. The van der Waals surface area contributed by atoms with Crippen LogP contribution >= 0.6 is 0 Å². The molecule has 0 aromatic carbocycles. The van der Waals surface area contributed by atoms with Crippen LogP contribution in [0.15, 0.2) is 0 Å². The molecule has 0 aromatic heterocycles. The Bertz CT molecular complexity index is 191. The Labute approximate surface area is 80.9 Å². The third-order valence-electron chi connectivity index (χ3n) is 3.59. The molecule has 1 amide bonds. The molecule has 2 N–H and O–H groups in total. The van der Waals surface area contributed by atoms with Crippen molar-refractivity contribution in [3.63, 3.8) is 0 Å². The molecule has 0 saturated heterocycles. The maximum Gasteiger partial charge on any atom is 0.221 e. The molecule has 0 heterocycles. The molecule has 1 aliphatic rings. The summed E-state index contributed by atoms with van der Waals surface area (Å²) in [5.41, 5.74) is 5.40. The molecular weight excluding hydrogens is 162 g/mol. The topological polar surface area (TPSA) is 43.1 Å². The predicted octanol–water partition coefficient (Wildman–Crippen LogP) is 2.18. The minimum absolute atomic E-state index is 0.0985. The van der Waals surface area contributed by atoms with Crippen LogP contribution in [0.2, 0.25) is 0 Å². The summed E-state index contributed by atoms with van der Waals surface area (Å²) < 4.78 is 0. The highest BCUT2D eigenvalue weighted by atomic mass is 16.1. The first kappa shape index (κ1) is 10.6. The Hall–Kier alpha value is -0.530. The number of primary amides is 1. The number of amides is 1. The van der Waals surface area contributed by atoms with Gasteiger partial charge in [-0.3, -0.25) is 4.79 Å². The van der Waals surface area contributed by atoms with Crippen molar-refractivity contribution in [1.82, 2.24) is 0 Å². The largest absolute Gasteiger partial charge is 0.369 e. The molecule has 1 rings (SSSR count). The summed E-state index contributed by atoms with van der Waals surface area (Å²) in [5, 5.41) is 0. The van der Waals surface area contributed by atoms with Gasteiger partial charge in [-0.25, -0.2) is 0 Å². The van der Waals surface area contributed by atoms with Crippen LogP contribution in [-0.2, 0) is 4.79 Å². The molecule has 0 spiro atoms. The van der Waals surface area contributed by atoms with Crippen LogP contribution < -0.4 is 5.73 Å². The normalized spacial score (nSPS) is 39.3. The molecule has 13 heavy (non-hydrogen) atoms. The second-order valence-corrected chi connectivity index (χ2v) is 4.55. The van der Waals surface area contributed by atoms with Crippen molar-refractivity contribution in [3.05, 3.63) is 0 Å². The van der Waals surface area contributed by atoms with Crippen LogP contribution in [0.1, 0.15) is 40.0 Å². The summed E-state index contributed by atoms with van der Waals surface area (Å²) in [6.07, 6.45) is 3.64. The van der Waals surface area contributed by atoms with Crippen LogP contribution in [0.4, 0.5) is 0 Å². The van der Waals surface area contributed by atoms with Crippen molar-refractivity contribution in [2.75, 3.05) is 0 Å². The number of carbonyl (C=O) groups is 1. The molecule has 0 radical (unpaired) electrons. The molecule has 1 unspecified atom stereocenters. The smallest absolute Gasteiger partial charge is 0.221 e. The lowest BCUT2D eigenvalue weighted by Gasteiger charge is -2.18. The van der Waals surface area contributed by atoms with Crippen molar-refractivity contribution in [2.45, 2.75) is 40.0 Å². The Morgan fingerprint density at radius 3 is 2.46 bits per heavy atom. The van der Waals surface area contributed by atoms with E-state index in [1.807, 2.05) is 0 Å². The monoisotopic (exact) mass is 183 g/mol. The molecular formula is C11H21NO. The first-order valence-electron chi connectivity index (χ1n) is 5.37.